The number of aldehydes is 1. The summed E-state index contributed by atoms with van der Waals surface area (Å²) < 4.78 is 0. The van der Waals surface area contributed by atoms with Gasteiger partial charge in [0.15, 0.2) is 6.29 Å². The Balaban J connectivity index is 2.51. The van der Waals surface area contributed by atoms with E-state index in [2.05, 4.69) is 4.98 Å². The number of aryl methyl sites for hydroxylation is 1. The summed E-state index contributed by atoms with van der Waals surface area (Å²) in [5.74, 6) is -0.453. The van der Waals surface area contributed by atoms with Crippen molar-refractivity contribution >= 4 is 12.2 Å². The lowest BCUT2D eigenvalue weighted by atomic mass is 10.2. The van der Waals surface area contributed by atoms with E-state index in [0.717, 1.165) is 0 Å². The van der Waals surface area contributed by atoms with E-state index in [1.165, 1.54) is 11.7 Å². The second-order valence-electron chi connectivity index (χ2n) is 2.74. The van der Waals surface area contributed by atoms with Crippen LogP contribution in [0.5, 0.6) is 0 Å². The summed E-state index contributed by atoms with van der Waals surface area (Å²) in [6, 6.07) is 3.31. The van der Waals surface area contributed by atoms with Gasteiger partial charge in [0.05, 0.1) is 0 Å². The Morgan fingerprint density at radius 2 is 2.36 bits per heavy atom. The SMILES string of the molecule is O=Cc1ccc(CCC(=O)NO)nc1. The van der Waals surface area contributed by atoms with Crippen LogP contribution < -0.4 is 5.48 Å². The highest BCUT2D eigenvalue weighted by Crippen LogP contribution is 2.00. The van der Waals surface area contributed by atoms with Crippen molar-refractivity contribution in [2.75, 3.05) is 0 Å². The quantitative estimate of drug-likeness (QED) is 0.411. The van der Waals surface area contributed by atoms with Gasteiger partial charge in [-0.15, -0.1) is 0 Å². The van der Waals surface area contributed by atoms with Gasteiger partial charge in [-0.3, -0.25) is 19.8 Å². The van der Waals surface area contributed by atoms with Crippen molar-refractivity contribution in [2.24, 2.45) is 0 Å². The van der Waals surface area contributed by atoms with Crippen molar-refractivity contribution in [2.45, 2.75) is 12.8 Å². The molecule has 0 atom stereocenters. The molecule has 0 aromatic carbocycles. The summed E-state index contributed by atoms with van der Waals surface area (Å²) in [5, 5.41) is 8.23. The highest BCUT2D eigenvalue weighted by Gasteiger charge is 2.01. The van der Waals surface area contributed by atoms with Crippen LogP contribution in [0.3, 0.4) is 0 Å². The lowest BCUT2D eigenvalue weighted by molar-refractivity contribution is -0.129. The molecule has 0 fully saturated rings. The van der Waals surface area contributed by atoms with Gasteiger partial charge in [0.25, 0.3) is 0 Å². The molecule has 1 aromatic heterocycles. The monoisotopic (exact) mass is 194 g/mol. The molecule has 14 heavy (non-hydrogen) atoms. The number of amides is 1. The zero-order valence-corrected chi connectivity index (χ0v) is 7.43. The largest absolute Gasteiger partial charge is 0.298 e. The van der Waals surface area contributed by atoms with E-state index >= 15 is 0 Å². The van der Waals surface area contributed by atoms with Crippen LogP contribution in [0.1, 0.15) is 22.5 Å². The van der Waals surface area contributed by atoms with E-state index in [9.17, 15) is 9.59 Å². The lowest BCUT2D eigenvalue weighted by Gasteiger charge is -1.99. The number of carbonyl (C=O) groups excluding carboxylic acids is 2. The van der Waals surface area contributed by atoms with Crippen LogP contribution in [0.15, 0.2) is 18.3 Å². The van der Waals surface area contributed by atoms with Gasteiger partial charge in [0.2, 0.25) is 5.91 Å². The molecule has 5 nitrogen and oxygen atoms in total. The fraction of sp³-hybridized carbons (Fsp3) is 0.222. The predicted octanol–water partition coefficient (Wildman–Crippen LogP) is 0.332. The van der Waals surface area contributed by atoms with Crippen molar-refractivity contribution in [1.82, 2.24) is 10.5 Å². The Bertz CT molecular complexity index is 321. The minimum Gasteiger partial charge on any atom is -0.298 e. The smallest absolute Gasteiger partial charge is 0.243 e. The first kappa shape index (κ1) is 10.3. The zero-order chi connectivity index (χ0) is 10.4. The second-order valence-corrected chi connectivity index (χ2v) is 2.74. The Hall–Kier alpha value is -1.75. The molecule has 1 aromatic rings. The van der Waals surface area contributed by atoms with Crippen LogP contribution in [0.4, 0.5) is 0 Å². The molecular formula is C9H10N2O3. The van der Waals surface area contributed by atoms with Gasteiger partial charge in [-0.1, -0.05) is 0 Å². The number of hydrogen-bond donors (Lipinski definition) is 2. The highest BCUT2D eigenvalue weighted by molar-refractivity contribution is 5.75. The molecule has 0 unspecified atom stereocenters. The fourth-order valence-corrected chi connectivity index (χ4v) is 0.951. The molecule has 1 amide bonds. The number of pyridine rings is 1. The third kappa shape index (κ3) is 2.95. The van der Waals surface area contributed by atoms with Gasteiger partial charge >= 0.3 is 0 Å². The fourth-order valence-electron chi connectivity index (χ4n) is 0.951. The average Bonchev–Trinajstić information content (AvgIpc) is 2.26. The summed E-state index contributed by atoms with van der Waals surface area (Å²) in [6.07, 6.45) is 2.76. The van der Waals surface area contributed by atoms with E-state index in [0.29, 0.717) is 24.0 Å². The summed E-state index contributed by atoms with van der Waals surface area (Å²) in [7, 11) is 0. The molecule has 0 aliphatic rings. The molecule has 0 saturated heterocycles. The van der Waals surface area contributed by atoms with Gasteiger partial charge < -0.3 is 0 Å². The van der Waals surface area contributed by atoms with Crippen molar-refractivity contribution < 1.29 is 14.8 Å². The minimum atomic E-state index is -0.453. The molecule has 0 saturated carbocycles. The Morgan fingerprint density at radius 1 is 1.57 bits per heavy atom. The number of aromatic nitrogens is 1. The van der Waals surface area contributed by atoms with Gasteiger partial charge in [-0.25, -0.2) is 5.48 Å². The lowest BCUT2D eigenvalue weighted by Crippen LogP contribution is -2.18. The van der Waals surface area contributed by atoms with E-state index in [-0.39, 0.29) is 6.42 Å². The third-order valence-electron chi connectivity index (χ3n) is 1.72. The van der Waals surface area contributed by atoms with Crippen LogP contribution in [0, 0.1) is 0 Å². The molecule has 1 rings (SSSR count). The van der Waals surface area contributed by atoms with E-state index in [4.69, 9.17) is 5.21 Å². The van der Waals surface area contributed by atoms with Crippen molar-refractivity contribution in [1.29, 1.82) is 0 Å². The average molecular weight is 194 g/mol. The number of hydroxylamine groups is 1. The van der Waals surface area contributed by atoms with Crippen LogP contribution in [-0.2, 0) is 11.2 Å². The van der Waals surface area contributed by atoms with Gasteiger partial charge in [-0.05, 0) is 18.6 Å². The first-order valence-electron chi connectivity index (χ1n) is 4.09. The normalized spacial score (nSPS) is 9.50. The Morgan fingerprint density at radius 3 is 2.86 bits per heavy atom. The summed E-state index contributed by atoms with van der Waals surface area (Å²) in [4.78, 5) is 24.9. The molecular weight excluding hydrogens is 184 g/mol. The first-order valence-corrected chi connectivity index (χ1v) is 4.09. The van der Waals surface area contributed by atoms with Crippen molar-refractivity contribution in [3.63, 3.8) is 0 Å². The predicted molar refractivity (Wildman–Crippen MR) is 47.9 cm³/mol. The summed E-state index contributed by atoms with van der Waals surface area (Å²) in [6.45, 7) is 0. The maximum Gasteiger partial charge on any atom is 0.243 e. The van der Waals surface area contributed by atoms with Gasteiger partial charge in [0.1, 0.15) is 0 Å². The van der Waals surface area contributed by atoms with Gasteiger partial charge in [0, 0.05) is 23.9 Å². The van der Waals surface area contributed by atoms with E-state index in [1.54, 1.807) is 12.1 Å². The third-order valence-corrected chi connectivity index (χ3v) is 1.72. The van der Waals surface area contributed by atoms with Crippen LogP contribution in [0.2, 0.25) is 0 Å². The molecule has 1 heterocycles. The maximum atomic E-state index is 10.7. The van der Waals surface area contributed by atoms with Crippen LogP contribution in [0.25, 0.3) is 0 Å². The Kier molecular flexibility index (Phi) is 3.75. The Labute approximate surface area is 80.7 Å². The van der Waals surface area contributed by atoms with Crippen molar-refractivity contribution in [3.8, 4) is 0 Å². The number of hydrogen-bond acceptors (Lipinski definition) is 4. The minimum absolute atomic E-state index is 0.171. The van der Waals surface area contributed by atoms with E-state index in [1.807, 2.05) is 0 Å². The van der Waals surface area contributed by atoms with Crippen LogP contribution >= 0.6 is 0 Å². The summed E-state index contributed by atoms with van der Waals surface area (Å²) >= 11 is 0. The second kappa shape index (κ2) is 5.08. The maximum absolute atomic E-state index is 10.7. The molecule has 5 heteroatoms. The number of rotatable bonds is 4. The van der Waals surface area contributed by atoms with Gasteiger partial charge in [-0.2, -0.15) is 0 Å². The molecule has 0 spiro atoms. The molecule has 0 aliphatic carbocycles. The van der Waals surface area contributed by atoms with Crippen molar-refractivity contribution in [3.05, 3.63) is 29.6 Å². The summed E-state index contributed by atoms with van der Waals surface area (Å²) in [5.41, 5.74) is 2.74. The number of nitrogens with one attached hydrogen (secondary N) is 1. The molecule has 0 radical (unpaired) electrons. The molecule has 74 valence electrons. The molecule has 0 bridgehead atoms. The topological polar surface area (TPSA) is 79.3 Å². The van der Waals surface area contributed by atoms with Crippen LogP contribution in [-0.4, -0.2) is 22.4 Å². The molecule has 2 N–H and O–H groups in total. The zero-order valence-electron chi connectivity index (χ0n) is 7.43. The highest BCUT2D eigenvalue weighted by atomic mass is 16.5. The number of carbonyl (C=O) groups is 2. The molecule has 0 aliphatic heterocycles. The standard InChI is InChI=1S/C9H10N2O3/c12-6-7-1-2-8(10-5-7)3-4-9(13)11-14/h1-2,5-6,14H,3-4H2,(H,11,13). The first-order chi connectivity index (χ1) is 6.76. The number of nitrogens with zero attached hydrogens (tertiary/aromatic N) is 1. The van der Waals surface area contributed by atoms with E-state index < -0.39 is 5.91 Å².